The molecule has 0 aliphatic carbocycles. The van der Waals surface area contributed by atoms with Crippen LogP contribution < -0.4 is 5.73 Å². The van der Waals surface area contributed by atoms with Gasteiger partial charge in [0.05, 0.1) is 6.61 Å². The second-order valence-corrected chi connectivity index (χ2v) is 2.02. The third-order valence-corrected chi connectivity index (χ3v) is 1.29. The van der Waals surface area contributed by atoms with E-state index in [1.807, 2.05) is 6.92 Å². The molecule has 0 aliphatic heterocycles. The number of amides is 2. The van der Waals surface area contributed by atoms with Crippen LogP contribution in [0.1, 0.15) is 6.92 Å². The molecule has 11 heavy (non-hydrogen) atoms. The predicted molar refractivity (Wildman–Crippen MR) is 43.0 cm³/mol. The molecule has 0 aromatic heterocycles. The van der Waals surface area contributed by atoms with Gasteiger partial charge in [0.15, 0.2) is 0 Å². The first-order valence-electron chi connectivity index (χ1n) is 3.63. The van der Waals surface area contributed by atoms with Crippen molar-refractivity contribution in [3.05, 3.63) is 6.92 Å². The molecule has 65 valence electrons. The van der Waals surface area contributed by atoms with Crippen LogP contribution in [0.4, 0.5) is 4.79 Å². The van der Waals surface area contributed by atoms with Crippen LogP contribution in [0, 0.1) is 6.92 Å². The SMILES string of the molecule is [CH2]CN(CCOCC)C(N)=O. The van der Waals surface area contributed by atoms with Crippen LogP contribution in [0.5, 0.6) is 0 Å². The van der Waals surface area contributed by atoms with E-state index < -0.39 is 6.03 Å². The van der Waals surface area contributed by atoms with E-state index in [1.54, 1.807) is 0 Å². The Bertz CT molecular complexity index is 117. The summed E-state index contributed by atoms with van der Waals surface area (Å²) in [5.74, 6) is 0. The molecule has 0 bridgehead atoms. The van der Waals surface area contributed by atoms with Crippen LogP contribution in [0.25, 0.3) is 0 Å². The van der Waals surface area contributed by atoms with Gasteiger partial charge in [0.25, 0.3) is 0 Å². The van der Waals surface area contributed by atoms with E-state index in [2.05, 4.69) is 6.92 Å². The third-order valence-electron chi connectivity index (χ3n) is 1.29. The van der Waals surface area contributed by atoms with Gasteiger partial charge in [-0.15, -0.1) is 0 Å². The number of nitrogens with two attached hydrogens (primary N) is 1. The highest BCUT2D eigenvalue weighted by atomic mass is 16.5. The minimum atomic E-state index is -0.445. The van der Waals surface area contributed by atoms with Gasteiger partial charge in [-0.25, -0.2) is 4.79 Å². The largest absolute Gasteiger partial charge is 0.380 e. The van der Waals surface area contributed by atoms with Gasteiger partial charge in [0, 0.05) is 19.7 Å². The molecule has 0 unspecified atom stereocenters. The number of nitrogens with zero attached hydrogens (tertiary/aromatic N) is 1. The molecule has 0 aromatic rings. The number of urea groups is 1. The van der Waals surface area contributed by atoms with Gasteiger partial charge < -0.3 is 15.4 Å². The monoisotopic (exact) mass is 159 g/mol. The molecule has 0 saturated carbocycles. The zero-order valence-electron chi connectivity index (χ0n) is 6.88. The van der Waals surface area contributed by atoms with Crippen LogP contribution >= 0.6 is 0 Å². The standard InChI is InChI=1S/C7H15N2O2/c1-3-9(7(8)10)5-6-11-4-2/h1,3-6H2,2H3,(H2,8,10). The summed E-state index contributed by atoms with van der Waals surface area (Å²) in [5.41, 5.74) is 5.02. The number of carbonyl (C=O) groups is 1. The Balaban J connectivity index is 3.44. The maximum atomic E-state index is 10.6. The number of ether oxygens (including phenoxy) is 1. The molecular weight excluding hydrogens is 144 g/mol. The van der Waals surface area contributed by atoms with Crippen LogP contribution in [-0.4, -0.2) is 37.2 Å². The maximum Gasteiger partial charge on any atom is 0.314 e. The molecule has 0 aliphatic rings. The second kappa shape index (κ2) is 5.97. The Morgan fingerprint density at radius 1 is 1.73 bits per heavy atom. The van der Waals surface area contributed by atoms with E-state index in [9.17, 15) is 4.79 Å². The van der Waals surface area contributed by atoms with Gasteiger partial charge >= 0.3 is 6.03 Å². The second-order valence-electron chi connectivity index (χ2n) is 2.02. The lowest BCUT2D eigenvalue weighted by atomic mass is 10.5. The van der Waals surface area contributed by atoms with Gasteiger partial charge in [0.1, 0.15) is 0 Å². The van der Waals surface area contributed by atoms with Crippen LogP contribution in [-0.2, 0) is 4.74 Å². The fourth-order valence-corrected chi connectivity index (χ4v) is 0.651. The highest BCUT2D eigenvalue weighted by molar-refractivity contribution is 5.71. The summed E-state index contributed by atoms with van der Waals surface area (Å²) in [5, 5.41) is 0. The molecule has 0 rings (SSSR count). The quantitative estimate of drug-likeness (QED) is 0.584. The number of hydrogen-bond acceptors (Lipinski definition) is 2. The van der Waals surface area contributed by atoms with E-state index in [0.717, 1.165) is 0 Å². The first-order valence-corrected chi connectivity index (χ1v) is 3.63. The summed E-state index contributed by atoms with van der Waals surface area (Å²) in [7, 11) is 0. The average molecular weight is 159 g/mol. The van der Waals surface area contributed by atoms with Crippen molar-refractivity contribution in [1.29, 1.82) is 0 Å². The van der Waals surface area contributed by atoms with Gasteiger partial charge in [0.2, 0.25) is 0 Å². The summed E-state index contributed by atoms with van der Waals surface area (Å²) in [6.07, 6.45) is 0. The molecule has 2 N–H and O–H groups in total. The molecule has 0 spiro atoms. The normalized spacial score (nSPS) is 9.64. The van der Waals surface area contributed by atoms with E-state index in [1.165, 1.54) is 4.90 Å². The van der Waals surface area contributed by atoms with E-state index in [-0.39, 0.29) is 0 Å². The summed E-state index contributed by atoms with van der Waals surface area (Å²) in [6.45, 7) is 7.55. The molecule has 0 fully saturated rings. The van der Waals surface area contributed by atoms with Gasteiger partial charge in [-0.1, -0.05) is 0 Å². The summed E-state index contributed by atoms with van der Waals surface area (Å²) >= 11 is 0. The van der Waals surface area contributed by atoms with Crippen molar-refractivity contribution < 1.29 is 9.53 Å². The average Bonchev–Trinajstić information content (AvgIpc) is 1.97. The van der Waals surface area contributed by atoms with Crippen molar-refractivity contribution in [2.45, 2.75) is 6.92 Å². The minimum absolute atomic E-state index is 0.391. The number of primary amides is 1. The highest BCUT2D eigenvalue weighted by Crippen LogP contribution is 1.86. The lowest BCUT2D eigenvalue weighted by Gasteiger charge is -2.17. The first-order chi connectivity index (χ1) is 5.22. The molecule has 4 heteroatoms. The molecule has 2 amide bonds. The number of rotatable bonds is 5. The Morgan fingerprint density at radius 2 is 2.36 bits per heavy atom. The first kappa shape index (κ1) is 10.2. The Labute approximate surface area is 67.3 Å². The Morgan fingerprint density at radius 3 is 2.73 bits per heavy atom. The van der Waals surface area contributed by atoms with Crippen molar-refractivity contribution in [2.24, 2.45) is 5.73 Å². The predicted octanol–water partition coefficient (Wildman–Crippen LogP) is 0.238. The molecule has 4 nitrogen and oxygen atoms in total. The minimum Gasteiger partial charge on any atom is -0.380 e. The zero-order chi connectivity index (χ0) is 8.69. The van der Waals surface area contributed by atoms with Crippen molar-refractivity contribution in [3.63, 3.8) is 0 Å². The highest BCUT2D eigenvalue weighted by Gasteiger charge is 2.04. The van der Waals surface area contributed by atoms with E-state index >= 15 is 0 Å². The smallest absolute Gasteiger partial charge is 0.314 e. The van der Waals surface area contributed by atoms with Gasteiger partial charge in [-0.3, -0.25) is 0 Å². The van der Waals surface area contributed by atoms with Crippen LogP contribution in [0.15, 0.2) is 0 Å². The van der Waals surface area contributed by atoms with Crippen molar-refractivity contribution >= 4 is 6.03 Å². The topological polar surface area (TPSA) is 55.6 Å². The third kappa shape index (κ3) is 4.61. The molecule has 0 atom stereocenters. The molecule has 0 heterocycles. The lowest BCUT2D eigenvalue weighted by Crippen LogP contribution is -2.37. The van der Waals surface area contributed by atoms with Gasteiger partial charge in [-0.05, 0) is 13.8 Å². The fraction of sp³-hybridized carbons (Fsp3) is 0.714. The summed E-state index contributed by atoms with van der Waals surface area (Å²) in [6, 6.07) is -0.445. The molecule has 1 radical (unpaired) electrons. The number of hydrogen-bond donors (Lipinski definition) is 1. The summed E-state index contributed by atoms with van der Waals surface area (Å²) < 4.78 is 5.04. The lowest BCUT2D eigenvalue weighted by molar-refractivity contribution is 0.124. The Kier molecular flexibility index (Phi) is 5.56. The van der Waals surface area contributed by atoms with Crippen LogP contribution in [0.2, 0.25) is 0 Å². The zero-order valence-corrected chi connectivity index (χ0v) is 6.88. The van der Waals surface area contributed by atoms with Crippen molar-refractivity contribution in [3.8, 4) is 0 Å². The van der Waals surface area contributed by atoms with Crippen molar-refractivity contribution in [2.75, 3.05) is 26.3 Å². The maximum absolute atomic E-state index is 10.6. The number of carbonyl (C=O) groups excluding carboxylic acids is 1. The van der Waals surface area contributed by atoms with Crippen LogP contribution in [0.3, 0.4) is 0 Å². The fourth-order valence-electron chi connectivity index (χ4n) is 0.651. The molecule has 0 saturated heterocycles. The van der Waals surface area contributed by atoms with Gasteiger partial charge in [-0.2, -0.15) is 0 Å². The Hall–Kier alpha value is -0.770. The molecule has 0 aromatic carbocycles. The molecular formula is C7H15N2O2. The van der Waals surface area contributed by atoms with E-state index in [4.69, 9.17) is 10.5 Å². The van der Waals surface area contributed by atoms with E-state index in [0.29, 0.717) is 26.3 Å². The summed E-state index contributed by atoms with van der Waals surface area (Å²) in [4.78, 5) is 12.0. The van der Waals surface area contributed by atoms with Crippen molar-refractivity contribution in [1.82, 2.24) is 4.90 Å².